The largest absolute Gasteiger partial charge is 0.480 e. The summed E-state index contributed by atoms with van der Waals surface area (Å²) in [5.74, 6) is -9.81. The molecule has 0 unspecified atom stereocenters. The lowest BCUT2D eigenvalue weighted by atomic mass is 9.94. The van der Waals surface area contributed by atoms with Crippen molar-refractivity contribution in [2.45, 2.75) is 58.0 Å². The molecule has 4 aromatic rings. The summed E-state index contributed by atoms with van der Waals surface area (Å²) in [5, 5.41) is 15.2. The molecule has 2 heterocycles. The number of nitrogens with two attached hydrogens (primary N) is 1. The molecule has 5 N–H and O–H groups in total. The monoisotopic (exact) mass is 615 g/mol. The minimum atomic E-state index is -3.25. The molecular weight excluding hydrogens is 585 g/mol. The molecular formula is C31H30F5N5O3. The molecule has 0 bridgehead atoms. The number of anilines is 2. The predicted octanol–water partition coefficient (Wildman–Crippen LogP) is 6.32. The number of hydrogen-bond acceptors (Lipinski definition) is 6. The second-order valence-corrected chi connectivity index (χ2v) is 10.7. The molecule has 2 aromatic carbocycles. The Hall–Kier alpha value is -4.81. The fraction of sp³-hybridized carbons (Fsp3) is 0.290. The normalized spacial score (nSPS) is 13.4. The van der Waals surface area contributed by atoms with Crippen molar-refractivity contribution in [3.8, 4) is 11.3 Å². The maximum Gasteiger partial charge on any atom is 0.326 e. The molecule has 0 radical (unpaired) electrons. The Bertz CT molecular complexity index is 1710. The molecule has 0 fully saturated rings. The highest BCUT2D eigenvalue weighted by Crippen LogP contribution is 2.38. The minimum Gasteiger partial charge on any atom is -0.480 e. The molecule has 0 saturated carbocycles. The molecule has 0 aliphatic carbocycles. The number of carboxylic acid groups (broad SMARTS) is 1. The van der Waals surface area contributed by atoms with E-state index in [1.165, 1.54) is 50.4 Å². The maximum atomic E-state index is 15.0. The molecule has 0 saturated heterocycles. The van der Waals surface area contributed by atoms with Crippen LogP contribution >= 0.6 is 0 Å². The van der Waals surface area contributed by atoms with E-state index < -0.39 is 47.2 Å². The number of carbonyl (C=O) groups excluding carboxylic acids is 1. The number of carbonyl (C=O) groups is 2. The molecule has 44 heavy (non-hydrogen) atoms. The van der Waals surface area contributed by atoms with Crippen molar-refractivity contribution in [1.82, 2.24) is 15.3 Å². The van der Waals surface area contributed by atoms with Crippen LogP contribution in [-0.2, 0) is 17.1 Å². The Balaban J connectivity index is 1.66. The van der Waals surface area contributed by atoms with Crippen LogP contribution in [0.3, 0.4) is 0 Å². The Morgan fingerprint density at radius 2 is 1.77 bits per heavy atom. The van der Waals surface area contributed by atoms with Crippen molar-refractivity contribution < 1.29 is 36.6 Å². The van der Waals surface area contributed by atoms with Gasteiger partial charge in [0.1, 0.15) is 17.7 Å². The van der Waals surface area contributed by atoms with Gasteiger partial charge in [-0.05, 0) is 55.3 Å². The number of nitrogens with zero attached hydrogens (tertiary/aromatic N) is 2. The first-order valence-electron chi connectivity index (χ1n) is 13.5. The van der Waals surface area contributed by atoms with Crippen molar-refractivity contribution in [3.05, 3.63) is 82.8 Å². The number of rotatable bonds is 10. The summed E-state index contributed by atoms with van der Waals surface area (Å²) in [4.78, 5) is 33.8. The molecule has 13 heteroatoms. The summed E-state index contributed by atoms with van der Waals surface area (Å²) in [6.45, 7) is 4.06. The first-order valence-corrected chi connectivity index (χ1v) is 13.5. The van der Waals surface area contributed by atoms with E-state index in [1.807, 2.05) is 0 Å². The third-order valence-electron chi connectivity index (χ3n) is 7.19. The summed E-state index contributed by atoms with van der Waals surface area (Å²) in [5.41, 5.74) is 5.91. The van der Waals surface area contributed by atoms with Crippen LogP contribution in [0.25, 0.3) is 22.2 Å². The first-order chi connectivity index (χ1) is 20.5. The third-order valence-corrected chi connectivity index (χ3v) is 7.19. The molecule has 0 spiro atoms. The summed E-state index contributed by atoms with van der Waals surface area (Å²) in [6, 6.07) is 7.96. The van der Waals surface area contributed by atoms with Gasteiger partial charge in [-0.2, -0.15) is 0 Å². The minimum absolute atomic E-state index is 0.0129. The van der Waals surface area contributed by atoms with Crippen molar-refractivity contribution in [2.24, 2.45) is 0 Å². The number of aliphatic carboxylic acids is 1. The highest BCUT2D eigenvalue weighted by molar-refractivity contribution is 5.99. The van der Waals surface area contributed by atoms with E-state index in [0.29, 0.717) is 17.9 Å². The molecule has 2 atom stereocenters. The van der Waals surface area contributed by atoms with E-state index in [9.17, 15) is 32.3 Å². The van der Waals surface area contributed by atoms with E-state index in [2.05, 4.69) is 20.6 Å². The van der Waals surface area contributed by atoms with Crippen LogP contribution < -0.4 is 16.4 Å². The van der Waals surface area contributed by atoms with Crippen LogP contribution in [0.2, 0.25) is 0 Å². The zero-order chi connectivity index (χ0) is 32.6. The maximum absolute atomic E-state index is 15.0. The van der Waals surface area contributed by atoms with Gasteiger partial charge in [0, 0.05) is 48.7 Å². The van der Waals surface area contributed by atoms with Gasteiger partial charge < -0.3 is 21.5 Å². The van der Waals surface area contributed by atoms with Gasteiger partial charge >= 0.3 is 5.97 Å². The summed E-state index contributed by atoms with van der Waals surface area (Å²) >= 11 is 0. The Morgan fingerprint density at radius 3 is 2.39 bits per heavy atom. The number of pyridine rings is 2. The van der Waals surface area contributed by atoms with Crippen LogP contribution in [0.5, 0.6) is 0 Å². The van der Waals surface area contributed by atoms with Crippen molar-refractivity contribution >= 4 is 34.3 Å². The van der Waals surface area contributed by atoms with E-state index >= 15 is 4.39 Å². The second-order valence-electron chi connectivity index (χ2n) is 10.7. The number of benzene rings is 2. The number of nitrogen functional groups attached to an aromatic ring is 1. The Kier molecular flexibility index (Phi) is 8.80. The highest BCUT2D eigenvalue weighted by Gasteiger charge is 2.32. The summed E-state index contributed by atoms with van der Waals surface area (Å²) < 4.78 is 71.1. The highest BCUT2D eigenvalue weighted by atomic mass is 19.3. The number of nitrogens with one attached hydrogen (secondary N) is 2. The smallest absolute Gasteiger partial charge is 0.326 e. The third kappa shape index (κ3) is 6.87. The lowest BCUT2D eigenvalue weighted by Gasteiger charge is -2.22. The van der Waals surface area contributed by atoms with Gasteiger partial charge in [-0.3, -0.25) is 9.78 Å². The fourth-order valence-corrected chi connectivity index (χ4v) is 4.78. The van der Waals surface area contributed by atoms with Gasteiger partial charge in [-0.1, -0.05) is 18.2 Å². The SMILES string of the molecule is Cc1cc(N[C@H](C)C(C)(F)F)cc(F)c1C(=O)N[C@@H](Cc1ccc(-c2nc(N)ccc2C(C)(F)F)c2ncccc12)C(=O)O. The summed E-state index contributed by atoms with van der Waals surface area (Å²) in [6.07, 6.45) is 1.17. The summed E-state index contributed by atoms with van der Waals surface area (Å²) in [7, 11) is 0. The van der Waals surface area contributed by atoms with E-state index in [1.54, 1.807) is 12.1 Å². The van der Waals surface area contributed by atoms with Gasteiger partial charge in [-0.15, -0.1) is 0 Å². The van der Waals surface area contributed by atoms with Crippen LogP contribution in [0.15, 0.2) is 54.7 Å². The fourth-order valence-electron chi connectivity index (χ4n) is 4.78. The van der Waals surface area contributed by atoms with Crippen LogP contribution in [0.4, 0.5) is 33.5 Å². The number of carboxylic acids is 1. The molecule has 0 aliphatic rings. The van der Waals surface area contributed by atoms with E-state index in [-0.39, 0.29) is 45.8 Å². The lowest BCUT2D eigenvalue weighted by molar-refractivity contribution is -0.139. The van der Waals surface area contributed by atoms with Gasteiger partial charge in [0.05, 0.1) is 22.8 Å². The van der Waals surface area contributed by atoms with E-state index in [0.717, 1.165) is 13.0 Å². The van der Waals surface area contributed by atoms with Crippen LogP contribution in [-0.4, -0.2) is 45.0 Å². The second kappa shape index (κ2) is 12.1. The van der Waals surface area contributed by atoms with E-state index in [4.69, 9.17) is 5.73 Å². The number of amides is 1. The van der Waals surface area contributed by atoms with Gasteiger partial charge in [-0.25, -0.2) is 31.7 Å². The number of aromatic nitrogens is 2. The average molecular weight is 616 g/mol. The zero-order valence-corrected chi connectivity index (χ0v) is 24.2. The number of halogens is 5. The molecule has 8 nitrogen and oxygen atoms in total. The molecule has 4 rings (SSSR count). The molecule has 1 amide bonds. The standard InChI is InChI=1S/C31H30F5N5O3/c1-15-12-18(39-16(2)30(3,33)34)14-22(32)25(15)28(42)40-23(29(43)44)13-17-7-8-20(26-19(17)6-5-11-38-26)27-21(31(4,35)36)9-10-24(37)41-27/h5-12,14,16,23,39H,13H2,1-4H3,(H2,37,41)(H,40,42)(H,43,44)/t16-,23+/m1/s1. The van der Waals surface area contributed by atoms with Gasteiger partial charge in [0.15, 0.2) is 0 Å². The average Bonchev–Trinajstić information content (AvgIpc) is 2.91. The number of aryl methyl sites for hydroxylation is 1. The molecule has 232 valence electrons. The Labute approximate surface area is 249 Å². The quantitative estimate of drug-likeness (QED) is 0.154. The Morgan fingerprint density at radius 1 is 1.07 bits per heavy atom. The number of alkyl halides is 4. The zero-order valence-electron chi connectivity index (χ0n) is 24.2. The topological polar surface area (TPSA) is 130 Å². The van der Waals surface area contributed by atoms with Crippen molar-refractivity contribution in [2.75, 3.05) is 11.1 Å². The van der Waals surface area contributed by atoms with Gasteiger partial charge in [0.25, 0.3) is 17.8 Å². The van der Waals surface area contributed by atoms with Crippen LogP contribution in [0.1, 0.15) is 47.8 Å². The lowest BCUT2D eigenvalue weighted by Crippen LogP contribution is -2.43. The van der Waals surface area contributed by atoms with Crippen LogP contribution in [0, 0.1) is 12.7 Å². The number of fused-ring (bicyclic) bond motifs is 1. The number of hydrogen-bond donors (Lipinski definition) is 4. The van der Waals surface area contributed by atoms with Gasteiger partial charge in [0.2, 0.25) is 0 Å². The van der Waals surface area contributed by atoms with Crippen molar-refractivity contribution in [1.29, 1.82) is 0 Å². The predicted molar refractivity (Wildman–Crippen MR) is 156 cm³/mol. The molecule has 0 aliphatic heterocycles. The molecule has 2 aromatic heterocycles. The van der Waals surface area contributed by atoms with Crippen molar-refractivity contribution in [3.63, 3.8) is 0 Å². The first kappa shape index (κ1) is 32.1.